The largest absolute Gasteiger partial charge is 0.418 e. The summed E-state index contributed by atoms with van der Waals surface area (Å²) in [6.45, 7) is 3.68. The van der Waals surface area contributed by atoms with E-state index in [1.165, 1.54) is 11.3 Å². The summed E-state index contributed by atoms with van der Waals surface area (Å²) >= 11 is 1.51. The maximum Gasteiger partial charge on any atom is 0.267 e. The van der Waals surface area contributed by atoms with Crippen molar-refractivity contribution >= 4 is 11.3 Å². The number of nitrogens with one attached hydrogen (secondary N) is 1. The highest BCUT2D eigenvalue weighted by molar-refractivity contribution is 7.07. The van der Waals surface area contributed by atoms with Crippen LogP contribution in [0.4, 0.5) is 0 Å². The highest BCUT2D eigenvalue weighted by atomic mass is 32.1. The summed E-state index contributed by atoms with van der Waals surface area (Å²) in [7, 11) is 0. The molecule has 1 N–H and O–H groups in total. The number of thiazole rings is 1. The van der Waals surface area contributed by atoms with E-state index in [0.717, 1.165) is 18.7 Å². The van der Waals surface area contributed by atoms with Crippen molar-refractivity contribution in [1.82, 2.24) is 20.5 Å². The van der Waals surface area contributed by atoms with E-state index in [2.05, 4.69) is 27.4 Å². The van der Waals surface area contributed by atoms with Crippen molar-refractivity contribution in [1.29, 1.82) is 0 Å². The molecule has 2 heterocycles. The van der Waals surface area contributed by atoms with Crippen LogP contribution in [0.15, 0.2) is 15.3 Å². The van der Waals surface area contributed by atoms with E-state index in [1.807, 2.05) is 5.38 Å². The molecular formula is C9H12N4OS. The molecule has 6 heteroatoms. The first kappa shape index (κ1) is 10.3. The molecule has 0 aliphatic rings. The molecule has 0 amide bonds. The number of hydrogen-bond acceptors (Lipinski definition) is 6. The lowest BCUT2D eigenvalue weighted by Crippen LogP contribution is -2.13. The summed E-state index contributed by atoms with van der Waals surface area (Å²) in [4.78, 5) is 4.10. The van der Waals surface area contributed by atoms with Gasteiger partial charge in [-0.2, -0.15) is 0 Å². The molecule has 80 valence electrons. The van der Waals surface area contributed by atoms with E-state index in [-0.39, 0.29) is 0 Å². The van der Waals surface area contributed by atoms with Crippen molar-refractivity contribution < 1.29 is 4.42 Å². The van der Waals surface area contributed by atoms with Gasteiger partial charge in [-0.15, -0.1) is 21.5 Å². The zero-order valence-electron chi connectivity index (χ0n) is 8.43. The zero-order valence-corrected chi connectivity index (χ0v) is 9.25. The summed E-state index contributed by atoms with van der Waals surface area (Å²) in [6.07, 6.45) is 1.09. The first-order valence-electron chi connectivity index (χ1n) is 4.82. The van der Waals surface area contributed by atoms with Crippen LogP contribution in [-0.2, 0) is 6.54 Å². The molecule has 0 saturated carbocycles. The Labute approximate surface area is 91.6 Å². The molecule has 0 aliphatic carbocycles. The van der Waals surface area contributed by atoms with Crippen molar-refractivity contribution in [2.75, 3.05) is 6.54 Å². The van der Waals surface area contributed by atoms with Crippen LogP contribution in [0.1, 0.15) is 19.2 Å². The number of nitrogens with zero attached hydrogens (tertiary/aromatic N) is 3. The molecule has 0 fully saturated rings. The van der Waals surface area contributed by atoms with Gasteiger partial charge in [0.2, 0.25) is 5.89 Å². The third-order valence-corrected chi connectivity index (χ3v) is 2.41. The first-order chi connectivity index (χ1) is 7.40. The fourth-order valence-corrected chi connectivity index (χ4v) is 1.64. The van der Waals surface area contributed by atoms with Crippen molar-refractivity contribution in [3.8, 4) is 11.6 Å². The van der Waals surface area contributed by atoms with E-state index in [0.29, 0.717) is 18.3 Å². The molecule has 2 rings (SSSR count). The van der Waals surface area contributed by atoms with Gasteiger partial charge in [-0.05, 0) is 13.0 Å². The van der Waals surface area contributed by atoms with Crippen LogP contribution in [0, 0.1) is 0 Å². The van der Waals surface area contributed by atoms with Gasteiger partial charge >= 0.3 is 0 Å². The van der Waals surface area contributed by atoms with E-state index in [4.69, 9.17) is 4.42 Å². The summed E-state index contributed by atoms with van der Waals surface area (Å²) in [5.74, 6) is 1.09. The van der Waals surface area contributed by atoms with Crippen LogP contribution < -0.4 is 5.32 Å². The predicted molar refractivity (Wildman–Crippen MR) is 57.4 cm³/mol. The van der Waals surface area contributed by atoms with E-state index in [1.54, 1.807) is 5.51 Å². The quantitative estimate of drug-likeness (QED) is 0.783. The van der Waals surface area contributed by atoms with Gasteiger partial charge in [0.25, 0.3) is 5.89 Å². The Balaban J connectivity index is 1.98. The summed E-state index contributed by atoms with van der Waals surface area (Å²) in [6, 6.07) is 0. The maximum atomic E-state index is 5.43. The normalized spacial score (nSPS) is 10.7. The Morgan fingerprint density at radius 1 is 1.47 bits per heavy atom. The van der Waals surface area contributed by atoms with Gasteiger partial charge in [0, 0.05) is 5.38 Å². The first-order valence-corrected chi connectivity index (χ1v) is 5.76. The second-order valence-corrected chi connectivity index (χ2v) is 3.77. The SMILES string of the molecule is CCCNCc1nnc(-c2cscn2)o1. The standard InChI is InChI=1S/C9H12N4OS/c1-2-3-10-4-8-12-13-9(14-8)7-5-15-6-11-7/h5-6,10H,2-4H2,1H3. The molecule has 0 bridgehead atoms. The summed E-state index contributed by atoms with van der Waals surface area (Å²) in [5, 5.41) is 12.9. The monoisotopic (exact) mass is 224 g/mol. The average molecular weight is 224 g/mol. The van der Waals surface area contributed by atoms with Crippen LogP contribution in [0.3, 0.4) is 0 Å². The predicted octanol–water partition coefficient (Wildman–Crippen LogP) is 1.69. The number of hydrogen-bond donors (Lipinski definition) is 1. The Morgan fingerprint density at radius 3 is 3.13 bits per heavy atom. The van der Waals surface area contributed by atoms with Gasteiger partial charge in [0.05, 0.1) is 12.1 Å². The van der Waals surface area contributed by atoms with E-state index < -0.39 is 0 Å². The van der Waals surface area contributed by atoms with Gasteiger partial charge in [-0.25, -0.2) is 4.98 Å². The fourth-order valence-electron chi connectivity index (χ4n) is 1.12. The molecule has 0 saturated heterocycles. The van der Waals surface area contributed by atoms with Crippen molar-refractivity contribution in [2.24, 2.45) is 0 Å². The minimum atomic E-state index is 0.490. The van der Waals surface area contributed by atoms with Crippen LogP contribution >= 0.6 is 11.3 Å². The van der Waals surface area contributed by atoms with E-state index in [9.17, 15) is 0 Å². The molecule has 0 atom stereocenters. The zero-order chi connectivity index (χ0) is 10.5. The average Bonchev–Trinajstić information content (AvgIpc) is 2.87. The highest BCUT2D eigenvalue weighted by Crippen LogP contribution is 2.16. The fraction of sp³-hybridized carbons (Fsp3) is 0.444. The molecule has 0 unspecified atom stereocenters. The lowest BCUT2D eigenvalue weighted by atomic mass is 10.5. The van der Waals surface area contributed by atoms with Crippen LogP contribution in [0.2, 0.25) is 0 Å². The molecule has 2 aromatic heterocycles. The van der Waals surface area contributed by atoms with Crippen LogP contribution in [-0.4, -0.2) is 21.7 Å². The second-order valence-electron chi connectivity index (χ2n) is 3.05. The number of aromatic nitrogens is 3. The molecule has 15 heavy (non-hydrogen) atoms. The molecular weight excluding hydrogens is 212 g/mol. The molecule has 0 aromatic carbocycles. The maximum absolute atomic E-state index is 5.43. The second kappa shape index (κ2) is 4.99. The van der Waals surface area contributed by atoms with Gasteiger partial charge in [0.1, 0.15) is 5.69 Å². The Kier molecular flexibility index (Phi) is 3.41. The summed E-state index contributed by atoms with van der Waals surface area (Å²) < 4.78 is 5.43. The van der Waals surface area contributed by atoms with Crippen molar-refractivity contribution in [3.63, 3.8) is 0 Å². The third kappa shape index (κ3) is 2.60. The van der Waals surface area contributed by atoms with Crippen molar-refractivity contribution in [2.45, 2.75) is 19.9 Å². The van der Waals surface area contributed by atoms with Gasteiger partial charge in [-0.3, -0.25) is 0 Å². The minimum absolute atomic E-state index is 0.490. The molecule has 0 spiro atoms. The number of rotatable bonds is 5. The topological polar surface area (TPSA) is 63.8 Å². The Morgan fingerprint density at radius 2 is 2.40 bits per heavy atom. The lowest BCUT2D eigenvalue weighted by molar-refractivity contribution is 0.476. The minimum Gasteiger partial charge on any atom is -0.418 e. The van der Waals surface area contributed by atoms with Crippen molar-refractivity contribution in [3.05, 3.63) is 16.8 Å². The highest BCUT2D eigenvalue weighted by Gasteiger charge is 2.09. The molecule has 0 aliphatic heterocycles. The third-order valence-electron chi connectivity index (χ3n) is 1.82. The molecule has 5 nitrogen and oxygen atoms in total. The Hall–Kier alpha value is -1.27. The smallest absolute Gasteiger partial charge is 0.267 e. The van der Waals surface area contributed by atoms with E-state index >= 15 is 0 Å². The van der Waals surface area contributed by atoms with Crippen LogP contribution in [0.25, 0.3) is 11.6 Å². The summed E-state index contributed by atoms with van der Waals surface area (Å²) in [5.41, 5.74) is 2.49. The van der Waals surface area contributed by atoms with Gasteiger partial charge in [0.15, 0.2) is 0 Å². The molecule has 2 aromatic rings. The van der Waals surface area contributed by atoms with Gasteiger partial charge in [-0.1, -0.05) is 6.92 Å². The van der Waals surface area contributed by atoms with Gasteiger partial charge < -0.3 is 9.73 Å². The lowest BCUT2D eigenvalue weighted by Gasteiger charge is -1.96. The molecule has 0 radical (unpaired) electrons. The van der Waals surface area contributed by atoms with Crippen LogP contribution in [0.5, 0.6) is 0 Å². The Bertz CT molecular complexity index is 398.